The fraction of sp³-hybridized carbons (Fsp3) is 0.440. The highest BCUT2D eigenvalue weighted by atomic mass is 32.2. The van der Waals surface area contributed by atoms with Crippen molar-refractivity contribution in [3.05, 3.63) is 53.6 Å². The Kier molecular flexibility index (Phi) is 7.61. The fourth-order valence-corrected chi connectivity index (χ4v) is 4.89. The number of rotatable bonds is 9. The van der Waals surface area contributed by atoms with E-state index < -0.39 is 9.84 Å². The minimum absolute atomic E-state index is 0.0355. The van der Waals surface area contributed by atoms with Crippen molar-refractivity contribution in [2.45, 2.75) is 42.9 Å². The lowest BCUT2D eigenvalue weighted by atomic mass is 9.98. The molecular weight excluding hydrogens is 472 g/mol. The summed E-state index contributed by atoms with van der Waals surface area (Å²) in [6, 6.07) is 12.0. The second-order valence-corrected chi connectivity index (χ2v) is 10.9. The number of hydrogen-bond acceptors (Lipinski definition) is 7. The second-order valence-electron chi connectivity index (χ2n) is 8.84. The molecular formula is C25H30N2O7S. The Morgan fingerprint density at radius 1 is 1.17 bits per heavy atom. The number of carbonyl (C=O) groups excluding carboxylic acids is 2. The van der Waals surface area contributed by atoms with Gasteiger partial charge >= 0.3 is 0 Å². The summed E-state index contributed by atoms with van der Waals surface area (Å²) in [6.45, 7) is 1.32. The first-order valence-corrected chi connectivity index (χ1v) is 13.4. The Morgan fingerprint density at radius 2 is 1.94 bits per heavy atom. The summed E-state index contributed by atoms with van der Waals surface area (Å²) in [4.78, 5) is 26.8. The summed E-state index contributed by atoms with van der Waals surface area (Å²) >= 11 is 0. The average Bonchev–Trinajstić information content (AvgIpc) is 3.47. The Bertz CT molecular complexity index is 1170. The highest BCUT2D eigenvalue weighted by molar-refractivity contribution is 7.90. The molecule has 0 aliphatic carbocycles. The van der Waals surface area contributed by atoms with E-state index in [2.05, 4.69) is 5.32 Å². The number of ether oxygens (including phenoxy) is 3. The molecule has 0 bridgehead atoms. The van der Waals surface area contributed by atoms with E-state index in [4.69, 9.17) is 14.2 Å². The largest absolute Gasteiger partial charge is 0.493 e. The predicted octanol–water partition coefficient (Wildman–Crippen LogP) is 2.25. The summed E-state index contributed by atoms with van der Waals surface area (Å²) < 4.78 is 40.1. The summed E-state index contributed by atoms with van der Waals surface area (Å²) in [6.07, 6.45) is 2.93. The minimum atomic E-state index is -3.27. The van der Waals surface area contributed by atoms with Crippen LogP contribution < -0.4 is 14.8 Å². The predicted molar refractivity (Wildman–Crippen MR) is 128 cm³/mol. The maximum absolute atomic E-state index is 12.6. The van der Waals surface area contributed by atoms with Gasteiger partial charge in [0.2, 0.25) is 11.8 Å². The number of nitrogens with zero attached hydrogens (tertiary/aromatic N) is 1. The Labute approximate surface area is 205 Å². The van der Waals surface area contributed by atoms with Crippen LogP contribution in [0.5, 0.6) is 11.5 Å². The smallest absolute Gasteiger partial charge is 0.239 e. The van der Waals surface area contributed by atoms with Crippen LogP contribution in [-0.2, 0) is 30.7 Å². The first-order chi connectivity index (χ1) is 16.7. The molecule has 188 valence electrons. The lowest BCUT2D eigenvalue weighted by Crippen LogP contribution is -2.37. The molecule has 0 radical (unpaired) electrons. The molecule has 0 spiro atoms. The van der Waals surface area contributed by atoms with Crippen LogP contribution in [0.2, 0.25) is 0 Å². The monoisotopic (exact) mass is 502 g/mol. The van der Waals surface area contributed by atoms with Crippen molar-refractivity contribution in [2.75, 3.05) is 33.1 Å². The van der Waals surface area contributed by atoms with Crippen LogP contribution in [0.1, 0.15) is 36.3 Å². The highest BCUT2D eigenvalue weighted by Gasteiger charge is 2.32. The van der Waals surface area contributed by atoms with Gasteiger partial charge in [0.15, 0.2) is 27.6 Å². The zero-order valence-electron chi connectivity index (χ0n) is 19.9. The lowest BCUT2D eigenvalue weighted by Gasteiger charge is -2.19. The van der Waals surface area contributed by atoms with Crippen molar-refractivity contribution in [1.82, 2.24) is 10.2 Å². The topological polar surface area (TPSA) is 111 Å². The third kappa shape index (κ3) is 6.32. The zero-order valence-corrected chi connectivity index (χ0v) is 20.7. The van der Waals surface area contributed by atoms with Gasteiger partial charge in [-0.15, -0.1) is 0 Å². The van der Waals surface area contributed by atoms with Gasteiger partial charge in [-0.1, -0.05) is 18.2 Å². The maximum Gasteiger partial charge on any atom is 0.239 e. The molecule has 10 heteroatoms. The number of likely N-dealkylation sites (tertiary alicyclic amines) is 1. The molecule has 0 aromatic heterocycles. The number of benzene rings is 2. The Balaban J connectivity index is 1.33. The van der Waals surface area contributed by atoms with Gasteiger partial charge in [-0.05, 0) is 41.8 Å². The molecule has 2 amide bonds. The third-order valence-corrected chi connectivity index (χ3v) is 7.32. The molecule has 1 unspecified atom stereocenters. The number of carbonyl (C=O) groups is 2. The van der Waals surface area contributed by atoms with Gasteiger partial charge in [0, 0.05) is 38.1 Å². The second kappa shape index (κ2) is 10.7. The molecule has 4 rings (SSSR count). The van der Waals surface area contributed by atoms with Crippen molar-refractivity contribution in [2.24, 2.45) is 0 Å². The van der Waals surface area contributed by atoms with Crippen LogP contribution in [0.15, 0.2) is 47.4 Å². The first-order valence-electron chi connectivity index (χ1n) is 11.5. The number of nitrogens with one attached hydrogen (secondary N) is 1. The molecule has 2 atom stereocenters. The van der Waals surface area contributed by atoms with Crippen molar-refractivity contribution in [3.8, 4) is 11.5 Å². The minimum Gasteiger partial charge on any atom is -0.493 e. The van der Waals surface area contributed by atoms with Gasteiger partial charge in [0.25, 0.3) is 0 Å². The Morgan fingerprint density at radius 3 is 2.60 bits per heavy atom. The van der Waals surface area contributed by atoms with E-state index >= 15 is 0 Å². The van der Waals surface area contributed by atoms with E-state index in [1.165, 1.54) is 12.1 Å². The molecule has 2 fully saturated rings. The van der Waals surface area contributed by atoms with Crippen LogP contribution in [-0.4, -0.2) is 64.5 Å². The van der Waals surface area contributed by atoms with E-state index in [1.54, 1.807) is 24.1 Å². The normalized spacial score (nSPS) is 20.2. The van der Waals surface area contributed by atoms with Crippen molar-refractivity contribution >= 4 is 21.7 Å². The van der Waals surface area contributed by atoms with Crippen molar-refractivity contribution in [3.63, 3.8) is 0 Å². The molecule has 2 aromatic rings. The summed E-state index contributed by atoms with van der Waals surface area (Å²) in [5.74, 6) is 0.775. The summed E-state index contributed by atoms with van der Waals surface area (Å²) in [7, 11) is -1.69. The van der Waals surface area contributed by atoms with Gasteiger partial charge in [-0.3, -0.25) is 9.59 Å². The molecule has 2 aliphatic heterocycles. The van der Waals surface area contributed by atoms with Gasteiger partial charge in [0.1, 0.15) is 0 Å². The molecule has 2 aromatic carbocycles. The van der Waals surface area contributed by atoms with Gasteiger partial charge < -0.3 is 24.4 Å². The van der Waals surface area contributed by atoms with Gasteiger partial charge in [0.05, 0.1) is 25.2 Å². The highest BCUT2D eigenvalue weighted by Crippen LogP contribution is 2.36. The number of amides is 2. The average molecular weight is 503 g/mol. The molecule has 2 saturated heterocycles. The number of hydrogen-bond donors (Lipinski definition) is 1. The number of sulfone groups is 1. The zero-order chi connectivity index (χ0) is 25.0. The molecule has 1 N–H and O–H groups in total. The van der Waals surface area contributed by atoms with E-state index in [-0.39, 0.29) is 42.0 Å². The quantitative estimate of drug-likeness (QED) is 0.560. The van der Waals surface area contributed by atoms with Crippen LogP contribution in [0.25, 0.3) is 0 Å². The van der Waals surface area contributed by atoms with Crippen LogP contribution in [0.3, 0.4) is 0 Å². The van der Waals surface area contributed by atoms with Crippen LogP contribution >= 0.6 is 0 Å². The van der Waals surface area contributed by atoms with Crippen LogP contribution in [0, 0.1) is 0 Å². The van der Waals surface area contributed by atoms with E-state index in [1.807, 2.05) is 18.2 Å². The van der Waals surface area contributed by atoms with Gasteiger partial charge in [-0.2, -0.15) is 0 Å². The first kappa shape index (κ1) is 25.0. The van der Waals surface area contributed by atoms with E-state index in [0.29, 0.717) is 31.1 Å². The third-order valence-electron chi connectivity index (χ3n) is 6.20. The molecule has 0 saturated carbocycles. The lowest BCUT2D eigenvalue weighted by molar-refractivity contribution is -0.133. The maximum atomic E-state index is 12.6. The van der Waals surface area contributed by atoms with Crippen LogP contribution in [0.4, 0.5) is 0 Å². The SMILES string of the molecule is COc1ccc([C@@H]2CC(=O)N(CC(=O)NCc3ccc(S(C)(=O)=O)cc3)C2)cc1OC1CCCO1. The molecule has 9 nitrogen and oxygen atoms in total. The molecule has 35 heavy (non-hydrogen) atoms. The van der Waals surface area contributed by atoms with E-state index in [9.17, 15) is 18.0 Å². The van der Waals surface area contributed by atoms with Gasteiger partial charge in [-0.25, -0.2) is 8.42 Å². The summed E-state index contributed by atoms with van der Waals surface area (Å²) in [5.41, 5.74) is 1.72. The fourth-order valence-electron chi connectivity index (χ4n) is 4.25. The van der Waals surface area contributed by atoms with E-state index in [0.717, 1.165) is 30.2 Å². The summed E-state index contributed by atoms with van der Waals surface area (Å²) in [5, 5.41) is 2.79. The number of methoxy groups -OCH3 is 1. The molecule has 2 heterocycles. The van der Waals surface area contributed by atoms with Crippen molar-refractivity contribution in [1.29, 1.82) is 0 Å². The standard InChI is InChI=1S/C25H30N2O7S/c1-32-21-10-7-18(12-22(21)34-25-4-3-11-33-25)19-13-24(29)27(15-19)16-23(28)26-14-17-5-8-20(9-6-17)35(2,30)31/h5-10,12,19,25H,3-4,11,13-16H2,1-2H3,(H,26,28)/t19-,25?/m1/s1. The Hall–Kier alpha value is -3.11. The molecule has 2 aliphatic rings. The van der Waals surface area contributed by atoms with Crippen molar-refractivity contribution < 1.29 is 32.2 Å².